The predicted molar refractivity (Wildman–Crippen MR) is 71.6 cm³/mol. The van der Waals surface area contributed by atoms with Crippen molar-refractivity contribution in [3.05, 3.63) is 0 Å². The summed E-state index contributed by atoms with van der Waals surface area (Å²) in [6.07, 6.45) is 2.70. The molecule has 1 amide bonds. The fourth-order valence-corrected chi connectivity index (χ4v) is 1.97. The second-order valence-electron chi connectivity index (χ2n) is 4.52. The zero-order chi connectivity index (χ0) is 11.8. The topological polar surface area (TPSA) is 50.4 Å². The molecule has 0 aromatic carbocycles. The van der Waals surface area contributed by atoms with Crippen molar-refractivity contribution in [2.75, 3.05) is 26.3 Å². The van der Waals surface area contributed by atoms with Crippen LogP contribution in [0.2, 0.25) is 0 Å². The molecule has 17 heavy (non-hydrogen) atoms. The molecule has 1 atom stereocenters. The van der Waals surface area contributed by atoms with Crippen LogP contribution >= 0.6 is 12.4 Å². The quantitative estimate of drug-likeness (QED) is 0.761. The first-order chi connectivity index (χ1) is 7.72. The monoisotopic (exact) mass is 264 g/mol. The van der Waals surface area contributed by atoms with Crippen LogP contribution in [-0.4, -0.2) is 38.3 Å². The van der Waals surface area contributed by atoms with Crippen LogP contribution in [0.25, 0.3) is 0 Å². The van der Waals surface area contributed by atoms with Crippen molar-refractivity contribution in [2.24, 2.45) is 5.92 Å². The number of hydrogen-bond donors (Lipinski definition) is 2. The number of likely N-dealkylation sites (N-methyl/N-ethyl adjacent to an activating group) is 1. The third-order valence-corrected chi connectivity index (χ3v) is 2.97. The first-order valence-electron chi connectivity index (χ1n) is 6.30. The van der Waals surface area contributed by atoms with E-state index in [1.807, 2.05) is 0 Å². The van der Waals surface area contributed by atoms with E-state index >= 15 is 0 Å². The Morgan fingerprint density at radius 2 is 2.06 bits per heavy atom. The number of carbonyl (C=O) groups is 1. The van der Waals surface area contributed by atoms with Crippen LogP contribution in [0.3, 0.4) is 0 Å². The van der Waals surface area contributed by atoms with Crippen LogP contribution in [0.4, 0.5) is 0 Å². The van der Waals surface area contributed by atoms with Gasteiger partial charge in [-0.1, -0.05) is 6.92 Å². The molecule has 102 valence electrons. The van der Waals surface area contributed by atoms with Crippen molar-refractivity contribution in [3.63, 3.8) is 0 Å². The Labute approximate surface area is 110 Å². The van der Waals surface area contributed by atoms with E-state index < -0.39 is 0 Å². The van der Waals surface area contributed by atoms with Gasteiger partial charge in [-0.05, 0) is 32.2 Å². The fraction of sp³-hybridized carbons (Fsp3) is 0.917. The Bertz CT molecular complexity index is 209. The standard InChI is InChI=1S/C12H24N2O2.ClH/c1-3-13-10(2)9-14-12(15)8-11-4-6-16-7-5-11;/h10-11,13H,3-9H2,1-2H3,(H,14,15);1H/t10-;/m1./s1. The van der Waals surface area contributed by atoms with Gasteiger partial charge in [0.15, 0.2) is 0 Å². The molecule has 1 aliphatic rings. The molecule has 4 nitrogen and oxygen atoms in total. The van der Waals surface area contributed by atoms with Gasteiger partial charge < -0.3 is 15.4 Å². The molecule has 1 saturated heterocycles. The van der Waals surface area contributed by atoms with Crippen molar-refractivity contribution >= 4 is 18.3 Å². The summed E-state index contributed by atoms with van der Waals surface area (Å²) < 4.78 is 5.27. The minimum Gasteiger partial charge on any atom is -0.381 e. The van der Waals surface area contributed by atoms with Crippen molar-refractivity contribution in [2.45, 2.75) is 39.2 Å². The molecule has 0 aliphatic carbocycles. The van der Waals surface area contributed by atoms with E-state index in [9.17, 15) is 4.79 Å². The molecule has 0 aromatic heterocycles. The summed E-state index contributed by atoms with van der Waals surface area (Å²) in [4.78, 5) is 11.6. The van der Waals surface area contributed by atoms with Crippen LogP contribution in [0.15, 0.2) is 0 Å². The van der Waals surface area contributed by atoms with Crippen molar-refractivity contribution in [1.82, 2.24) is 10.6 Å². The zero-order valence-electron chi connectivity index (χ0n) is 10.8. The van der Waals surface area contributed by atoms with Gasteiger partial charge in [-0.2, -0.15) is 0 Å². The largest absolute Gasteiger partial charge is 0.381 e. The molecule has 0 aromatic rings. The number of amides is 1. The van der Waals surface area contributed by atoms with Gasteiger partial charge in [-0.3, -0.25) is 4.79 Å². The van der Waals surface area contributed by atoms with E-state index in [4.69, 9.17) is 4.74 Å². The van der Waals surface area contributed by atoms with Crippen LogP contribution < -0.4 is 10.6 Å². The van der Waals surface area contributed by atoms with Crippen molar-refractivity contribution < 1.29 is 9.53 Å². The first-order valence-corrected chi connectivity index (χ1v) is 6.30. The number of rotatable bonds is 6. The third-order valence-electron chi connectivity index (χ3n) is 2.97. The highest BCUT2D eigenvalue weighted by molar-refractivity contribution is 5.85. The molecule has 5 heteroatoms. The highest BCUT2D eigenvalue weighted by atomic mass is 35.5. The average Bonchev–Trinajstić information content (AvgIpc) is 2.28. The molecule has 0 bridgehead atoms. The smallest absolute Gasteiger partial charge is 0.220 e. The van der Waals surface area contributed by atoms with Crippen LogP contribution in [0.5, 0.6) is 0 Å². The molecule has 2 N–H and O–H groups in total. The number of hydrogen-bond acceptors (Lipinski definition) is 3. The molecular weight excluding hydrogens is 240 g/mol. The van der Waals surface area contributed by atoms with Gasteiger partial charge in [0.05, 0.1) is 0 Å². The molecular formula is C12H25ClN2O2. The van der Waals surface area contributed by atoms with E-state index in [1.165, 1.54) is 0 Å². The summed E-state index contributed by atoms with van der Waals surface area (Å²) in [7, 11) is 0. The van der Waals surface area contributed by atoms with Gasteiger partial charge >= 0.3 is 0 Å². The fourth-order valence-electron chi connectivity index (χ4n) is 1.97. The molecule has 1 rings (SSSR count). The van der Waals surface area contributed by atoms with Crippen LogP contribution in [0.1, 0.15) is 33.1 Å². The molecule has 0 saturated carbocycles. The van der Waals surface area contributed by atoms with E-state index in [0.717, 1.165) is 39.1 Å². The number of halogens is 1. The maximum absolute atomic E-state index is 11.6. The maximum Gasteiger partial charge on any atom is 0.220 e. The van der Waals surface area contributed by atoms with Gasteiger partial charge in [0.1, 0.15) is 0 Å². The minimum atomic E-state index is 0. The summed E-state index contributed by atoms with van der Waals surface area (Å²) in [5.74, 6) is 0.694. The van der Waals surface area contributed by atoms with Crippen molar-refractivity contribution in [3.8, 4) is 0 Å². The molecule has 0 spiro atoms. The van der Waals surface area contributed by atoms with Gasteiger partial charge in [0.25, 0.3) is 0 Å². The Morgan fingerprint density at radius 3 is 2.65 bits per heavy atom. The lowest BCUT2D eigenvalue weighted by molar-refractivity contribution is -0.122. The Morgan fingerprint density at radius 1 is 1.41 bits per heavy atom. The molecule has 0 unspecified atom stereocenters. The highest BCUT2D eigenvalue weighted by Gasteiger charge is 2.17. The predicted octanol–water partition coefficient (Wildman–Crippen LogP) is 1.34. The number of nitrogens with one attached hydrogen (secondary N) is 2. The van der Waals surface area contributed by atoms with E-state index in [0.29, 0.717) is 18.4 Å². The third kappa shape index (κ3) is 7.58. The second-order valence-corrected chi connectivity index (χ2v) is 4.52. The van der Waals surface area contributed by atoms with Crippen LogP contribution in [0, 0.1) is 5.92 Å². The molecule has 0 radical (unpaired) electrons. The average molecular weight is 265 g/mol. The van der Waals surface area contributed by atoms with E-state index in [1.54, 1.807) is 0 Å². The summed E-state index contributed by atoms with van der Waals surface area (Å²) >= 11 is 0. The summed E-state index contributed by atoms with van der Waals surface area (Å²) in [5, 5.41) is 6.24. The molecule has 1 fully saturated rings. The lowest BCUT2D eigenvalue weighted by Crippen LogP contribution is -2.39. The Hall–Kier alpha value is -0.320. The summed E-state index contributed by atoms with van der Waals surface area (Å²) in [6, 6.07) is 0.351. The van der Waals surface area contributed by atoms with Gasteiger partial charge in [-0.15, -0.1) is 12.4 Å². The number of ether oxygens (including phenoxy) is 1. The Kier molecular flexibility index (Phi) is 9.50. The van der Waals surface area contributed by atoms with E-state index in [-0.39, 0.29) is 18.3 Å². The first kappa shape index (κ1) is 16.7. The number of carbonyl (C=O) groups excluding carboxylic acids is 1. The van der Waals surface area contributed by atoms with Gasteiger partial charge in [0, 0.05) is 32.2 Å². The normalized spacial score (nSPS) is 18.2. The minimum absolute atomic E-state index is 0. The zero-order valence-corrected chi connectivity index (χ0v) is 11.6. The van der Waals surface area contributed by atoms with Gasteiger partial charge in [-0.25, -0.2) is 0 Å². The lowest BCUT2D eigenvalue weighted by Gasteiger charge is -2.21. The molecule has 1 heterocycles. The van der Waals surface area contributed by atoms with Crippen LogP contribution in [-0.2, 0) is 9.53 Å². The van der Waals surface area contributed by atoms with E-state index in [2.05, 4.69) is 24.5 Å². The SMILES string of the molecule is CCN[C@H](C)CNC(=O)CC1CCOCC1.Cl. The highest BCUT2D eigenvalue weighted by Crippen LogP contribution is 2.17. The summed E-state index contributed by atoms with van der Waals surface area (Å²) in [6.45, 7) is 7.43. The van der Waals surface area contributed by atoms with Gasteiger partial charge in [0.2, 0.25) is 5.91 Å². The maximum atomic E-state index is 11.6. The molecule has 1 aliphatic heterocycles. The van der Waals surface area contributed by atoms with Crippen molar-refractivity contribution in [1.29, 1.82) is 0 Å². The summed E-state index contributed by atoms with van der Waals surface area (Å²) in [5.41, 5.74) is 0. The second kappa shape index (κ2) is 9.68. The Balaban J connectivity index is 0.00000256. The lowest BCUT2D eigenvalue weighted by atomic mass is 9.96.